The molecule has 1 spiro atoms. The summed E-state index contributed by atoms with van der Waals surface area (Å²) in [6.45, 7) is 9.40. The van der Waals surface area contributed by atoms with E-state index in [1.54, 1.807) is 0 Å². The zero-order chi connectivity index (χ0) is 17.4. The van der Waals surface area contributed by atoms with Crippen molar-refractivity contribution in [2.45, 2.75) is 26.8 Å². The van der Waals surface area contributed by atoms with Crippen LogP contribution in [0.2, 0.25) is 0 Å². The summed E-state index contributed by atoms with van der Waals surface area (Å²) in [4.78, 5) is 17.0. The average molecular weight is 334 g/mol. The fourth-order valence-electron chi connectivity index (χ4n) is 4.27. The number of benzene rings is 2. The van der Waals surface area contributed by atoms with Crippen LogP contribution in [-0.2, 0) is 17.8 Å². The van der Waals surface area contributed by atoms with E-state index < -0.39 is 0 Å². The van der Waals surface area contributed by atoms with Crippen molar-refractivity contribution in [2.75, 3.05) is 26.2 Å². The van der Waals surface area contributed by atoms with E-state index in [0.29, 0.717) is 11.8 Å². The van der Waals surface area contributed by atoms with Crippen molar-refractivity contribution >= 4 is 5.91 Å². The molecule has 0 atom stereocenters. The topological polar surface area (TPSA) is 23.6 Å². The van der Waals surface area contributed by atoms with Gasteiger partial charge in [-0.1, -0.05) is 48.5 Å². The number of nitrogens with zero attached hydrogens (tertiary/aromatic N) is 2. The molecule has 0 aromatic heterocycles. The minimum absolute atomic E-state index is 0.275. The van der Waals surface area contributed by atoms with Crippen LogP contribution in [0.3, 0.4) is 0 Å². The molecule has 2 fully saturated rings. The number of hydrogen-bond donors (Lipinski definition) is 0. The predicted octanol–water partition coefficient (Wildman–Crippen LogP) is 3.19. The minimum atomic E-state index is 0.275. The quantitative estimate of drug-likeness (QED) is 0.857. The molecule has 0 bridgehead atoms. The smallest absolute Gasteiger partial charge is 0.227 e. The molecule has 2 heterocycles. The van der Waals surface area contributed by atoms with Gasteiger partial charge in [-0.05, 0) is 36.1 Å². The first-order chi connectivity index (χ1) is 12.0. The second-order valence-electron chi connectivity index (χ2n) is 7.92. The van der Waals surface area contributed by atoms with Crippen molar-refractivity contribution in [2.24, 2.45) is 5.41 Å². The zero-order valence-electron chi connectivity index (χ0n) is 15.2. The van der Waals surface area contributed by atoms with Gasteiger partial charge < -0.3 is 4.90 Å². The highest BCUT2D eigenvalue weighted by atomic mass is 16.2. The lowest BCUT2D eigenvalue weighted by atomic mass is 9.72. The number of aryl methyl sites for hydroxylation is 2. The maximum atomic E-state index is 12.5. The van der Waals surface area contributed by atoms with Gasteiger partial charge in [0.15, 0.2) is 0 Å². The predicted molar refractivity (Wildman–Crippen MR) is 100 cm³/mol. The van der Waals surface area contributed by atoms with Gasteiger partial charge in [0, 0.05) is 38.1 Å². The van der Waals surface area contributed by atoms with Gasteiger partial charge in [-0.3, -0.25) is 9.69 Å². The maximum absolute atomic E-state index is 12.5. The lowest BCUT2D eigenvalue weighted by Gasteiger charge is -2.60. The molecule has 2 aromatic rings. The van der Waals surface area contributed by atoms with E-state index in [1.807, 2.05) is 17.0 Å². The molecule has 0 saturated carbocycles. The Kier molecular flexibility index (Phi) is 4.12. The third-order valence-electron chi connectivity index (χ3n) is 5.78. The lowest BCUT2D eigenvalue weighted by molar-refractivity contribution is -0.159. The fourth-order valence-corrected chi connectivity index (χ4v) is 4.27. The summed E-state index contributed by atoms with van der Waals surface area (Å²) < 4.78 is 0. The Morgan fingerprint density at radius 1 is 0.880 bits per heavy atom. The third kappa shape index (κ3) is 3.21. The molecular weight excluding hydrogens is 308 g/mol. The average Bonchev–Trinajstić information content (AvgIpc) is 2.52. The van der Waals surface area contributed by atoms with E-state index in [-0.39, 0.29) is 5.91 Å². The van der Waals surface area contributed by atoms with Gasteiger partial charge >= 0.3 is 0 Å². The summed E-state index contributed by atoms with van der Waals surface area (Å²) in [6.07, 6.45) is 0.537. The molecule has 3 nitrogen and oxygen atoms in total. The van der Waals surface area contributed by atoms with Crippen molar-refractivity contribution in [3.05, 3.63) is 70.8 Å². The molecular formula is C22H26N2O. The van der Waals surface area contributed by atoms with Gasteiger partial charge in [0.05, 0.1) is 6.42 Å². The second-order valence-corrected chi connectivity index (χ2v) is 7.92. The van der Waals surface area contributed by atoms with Crippen LogP contribution in [-0.4, -0.2) is 41.9 Å². The van der Waals surface area contributed by atoms with Crippen LogP contribution >= 0.6 is 0 Å². The van der Waals surface area contributed by atoms with Gasteiger partial charge in [-0.15, -0.1) is 0 Å². The second kappa shape index (κ2) is 6.30. The van der Waals surface area contributed by atoms with Crippen molar-refractivity contribution in [1.29, 1.82) is 0 Å². The molecule has 130 valence electrons. The van der Waals surface area contributed by atoms with E-state index in [1.165, 1.54) is 16.7 Å². The Labute approximate surface area is 150 Å². The van der Waals surface area contributed by atoms with E-state index in [9.17, 15) is 4.79 Å². The van der Waals surface area contributed by atoms with Crippen LogP contribution in [0.15, 0.2) is 48.5 Å². The van der Waals surface area contributed by atoms with Crippen LogP contribution < -0.4 is 0 Å². The van der Waals surface area contributed by atoms with Gasteiger partial charge in [-0.2, -0.15) is 0 Å². The molecule has 0 aliphatic carbocycles. The van der Waals surface area contributed by atoms with Crippen LogP contribution in [0.25, 0.3) is 0 Å². The molecule has 0 unspecified atom stereocenters. The molecule has 25 heavy (non-hydrogen) atoms. The molecule has 2 aliphatic rings. The first-order valence-electron chi connectivity index (χ1n) is 9.14. The summed E-state index contributed by atoms with van der Waals surface area (Å²) in [5, 5.41) is 0. The maximum Gasteiger partial charge on any atom is 0.227 e. The third-order valence-corrected chi connectivity index (χ3v) is 5.78. The van der Waals surface area contributed by atoms with Crippen molar-refractivity contribution < 1.29 is 4.79 Å². The summed E-state index contributed by atoms with van der Waals surface area (Å²) in [6, 6.07) is 16.8. The summed E-state index contributed by atoms with van der Waals surface area (Å²) in [7, 11) is 0. The number of amides is 1. The van der Waals surface area contributed by atoms with Gasteiger partial charge in [0.2, 0.25) is 5.91 Å². The molecule has 2 aliphatic heterocycles. The molecule has 1 amide bonds. The van der Waals surface area contributed by atoms with Crippen molar-refractivity contribution in [3.8, 4) is 0 Å². The number of carbonyl (C=O) groups excluding carboxylic acids is 1. The largest absolute Gasteiger partial charge is 0.341 e. The van der Waals surface area contributed by atoms with Gasteiger partial charge in [0.1, 0.15) is 0 Å². The van der Waals surface area contributed by atoms with Gasteiger partial charge in [-0.25, -0.2) is 0 Å². The van der Waals surface area contributed by atoms with E-state index >= 15 is 0 Å². The lowest BCUT2D eigenvalue weighted by Crippen LogP contribution is -2.72. The summed E-state index contributed by atoms with van der Waals surface area (Å²) >= 11 is 0. The first-order valence-corrected chi connectivity index (χ1v) is 9.14. The molecule has 0 N–H and O–H groups in total. The Morgan fingerprint density at radius 2 is 1.44 bits per heavy atom. The number of hydrogen-bond acceptors (Lipinski definition) is 2. The normalized spacial score (nSPS) is 18.7. The van der Waals surface area contributed by atoms with Crippen LogP contribution in [0, 0.1) is 19.3 Å². The van der Waals surface area contributed by atoms with Crippen LogP contribution in [0.4, 0.5) is 0 Å². The minimum Gasteiger partial charge on any atom is -0.341 e. The SMILES string of the molecule is Cc1ccccc1CC(=O)N1CC2(CN(Cc3ccccc3C)C2)C1. The molecule has 4 rings (SSSR count). The monoisotopic (exact) mass is 334 g/mol. The van der Waals surface area contributed by atoms with E-state index in [0.717, 1.165) is 38.3 Å². The Bertz CT molecular complexity index is 784. The Hall–Kier alpha value is -2.13. The summed E-state index contributed by atoms with van der Waals surface area (Å²) in [5.74, 6) is 0.275. The van der Waals surface area contributed by atoms with E-state index in [4.69, 9.17) is 0 Å². The summed E-state index contributed by atoms with van der Waals surface area (Å²) in [5.41, 5.74) is 5.52. The van der Waals surface area contributed by atoms with Crippen molar-refractivity contribution in [1.82, 2.24) is 9.80 Å². The standard InChI is InChI=1S/C22H26N2O/c1-17-7-3-5-9-19(17)11-21(25)24-15-22(16-24)13-23(14-22)12-20-10-6-4-8-18(20)2/h3-10H,11-16H2,1-2H3. The molecule has 3 heteroatoms. The van der Waals surface area contributed by atoms with Crippen molar-refractivity contribution in [3.63, 3.8) is 0 Å². The number of likely N-dealkylation sites (tertiary alicyclic amines) is 2. The number of rotatable bonds is 4. The Balaban J connectivity index is 1.27. The molecule has 0 radical (unpaired) electrons. The van der Waals surface area contributed by atoms with Crippen LogP contribution in [0.5, 0.6) is 0 Å². The Morgan fingerprint density at radius 3 is 2.04 bits per heavy atom. The molecule has 2 saturated heterocycles. The fraction of sp³-hybridized carbons (Fsp3) is 0.409. The van der Waals surface area contributed by atoms with Gasteiger partial charge in [0.25, 0.3) is 0 Å². The first kappa shape index (κ1) is 16.3. The van der Waals surface area contributed by atoms with Crippen LogP contribution in [0.1, 0.15) is 22.3 Å². The molecule has 2 aromatic carbocycles. The number of carbonyl (C=O) groups is 1. The zero-order valence-corrected chi connectivity index (χ0v) is 15.2. The highest BCUT2D eigenvalue weighted by molar-refractivity contribution is 5.80. The highest BCUT2D eigenvalue weighted by Gasteiger charge is 2.52. The highest BCUT2D eigenvalue weighted by Crippen LogP contribution is 2.40. The van der Waals surface area contributed by atoms with E-state index in [2.05, 4.69) is 55.1 Å².